The molecule has 1 aromatic rings. The number of nitrogens with zero attached hydrogens (tertiary/aromatic N) is 2. The fourth-order valence-electron chi connectivity index (χ4n) is 1.77. The summed E-state index contributed by atoms with van der Waals surface area (Å²) in [5.74, 6) is 0.325. The third kappa shape index (κ3) is 1.73. The van der Waals surface area contributed by atoms with Crippen molar-refractivity contribution in [2.75, 3.05) is 0 Å². The maximum Gasteiger partial charge on any atom is 0.272 e. The Labute approximate surface area is 87.4 Å². The maximum absolute atomic E-state index is 11.7. The lowest BCUT2D eigenvalue weighted by atomic mass is 9.85. The molecule has 0 bridgehead atoms. The predicted octanol–water partition coefficient (Wildman–Crippen LogP) is 1.23. The van der Waals surface area contributed by atoms with E-state index in [0.29, 0.717) is 12.5 Å². The Morgan fingerprint density at radius 1 is 1.60 bits per heavy atom. The molecular weight excluding hydrogens is 192 g/mol. The molecule has 1 aliphatic rings. The summed E-state index contributed by atoms with van der Waals surface area (Å²) in [6, 6.07) is 3.13. The molecule has 0 saturated heterocycles. The summed E-state index contributed by atoms with van der Waals surface area (Å²) in [6.45, 7) is 0.661. The molecule has 1 fully saturated rings. The van der Waals surface area contributed by atoms with Crippen LogP contribution in [-0.4, -0.2) is 9.67 Å². The first kappa shape index (κ1) is 9.78. The topological polar surface area (TPSA) is 66.0 Å². The number of pyridine rings is 1. The zero-order valence-electron chi connectivity index (χ0n) is 8.31. The SMILES string of the molecule is N#Cc1c(O)ccn(CC2CCC2)c1=O. The zero-order valence-corrected chi connectivity index (χ0v) is 8.31. The molecule has 0 amide bonds. The molecule has 0 aromatic carbocycles. The van der Waals surface area contributed by atoms with Crippen LogP contribution in [0.25, 0.3) is 0 Å². The van der Waals surface area contributed by atoms with Crippen molar-refractivity contribution in [3.63, 3.8) is 0 Å². The molecule has 1 aromatic heterocycles. The predicted molar refractivity (Wildman–Crippen MR) is 54.4 cm³/mol. The second-order valence-corrected chi connectivity index (χ2v) is 3.94. The number of aromatic nitrogens is 1. The van der Waals surface area contributed by atoms with Gasteiger partial charge in [-0.2, -0.15) is 5.26 Å². The fourth-order valence-corrected chi connectivity index (χ4v) is 1.77. The highest BCUT2D eigenvalue weighted by Gasteiger charge is 2.19. The van der Waals surface area contributed by atoms with Gasteiger partial charge in [0.1, 0.15) is 11.8 Å². The van der Waals surface area contributed by atoms with E-state index in [4.69, 9.17) is 5.26 Å². The van der Waals surface area contributed by atoms with Crippen LogP contribution in [0.3, 0.4) is 0 Å². The highest BCUT2D eigenvalue weighted by Crippen LogP contribution is 2.27. The van der Waals surface area contributed by atoms with E-state index in [0.717, 1.165) is 12.8 Å². The van der Waals surface area contributed by atoms with Crippen LogP contribution in [0.1, 0.15) is 24.8 Å². The molecule has 0 spiro atoms. The molecule has 1 N–H and O–H groups in total. The quantitative estimate of drug-likeness (QED) is 0.787. The Balaban J connectivity index is 2.32. The van der Waals surface area contributed by atoms with Crippen molar-refractivity contribution in [2.24, 2.45) is 5.92 Å². The molecule has 0 atom stereocenters. The van der Waals surface area contributed by atoms with Crippen LogP contribution < -0.4 is 5.56 Å². The maximum atomic E-state index is 11.7. The average Bonchev–Trinajstić information content (AvgIpc) is 2.15. The standard InChI is InChI=1S/C11H12N2O2/c12-6-9-10(14)4-5-13(11(9)15)7-8-2-1-3-8/h4-5,8,14H,1-3,7H2. The minimum atomic E-state index is -0.385. The molecule has 1 aliphatic carbocycles. The Bertz CT molecular complexity index is 466. The van der Waals surface area contributed by atoms with Crippen molar-refractivity contribution >= 4 is 0 Å². The Morgan fingerprint density at radius 2 is 2.33 bits per heavy atom. The van der Waals surface area contributed by atoms with Crippen LogP contribution in [0.15, 0.2) is 17.1 Å². The van der Waals surface area contributed by atoms with Crippen molar-refractivity contribution in [2.45, 2.75) is 25.8 Å². The molecule has 0 radical (unpaired) electrons. The summed E-state index contributed by atoms with van der Waals surface area (Å²) in [5.41, 5.74) is -0.541. The molecule has 15 heavy (non-hydrogen) atoms. The fraction of sp³-hybridized carbons (Fsp3) is 0.455. The van der Waals surface area contributed by atoms with E-state index in [1.54, 1.807) is 12.3 Å². The number of hydrogen-bond donors (Lipinski definition) is 1. The normalized spacial score (nSPS) is 15.7. The van der Waals surface area contributed by atoms with E-state index in [-0.39, 0.29) is 16.9 Å². The average molecular weight is 204 g/mol. The molecule has 0 unspecified atom stereocenters. The van der Waals surface area contributed by atoms with Gasteiger partial charge >= 0.3 is 0 Å². The van der Waals surface area contributed by atoms with Crippen LogP contribution in [0.4, 0.5) is 0 Å². The molecular formula is C11H12N2O2. The first-order valence-corrected chi connectivity index (χ1v) is 5.05. The first-order valence-electron chi connectivity index (χ1n) is 5.05. The molecule has 0 aliphatic heterocycles. The van der Waals surface area contributed by atoms with Gasteiger partial charge in [0.05, 0.1) is 0 Å². The van der Waals surface area contributed by atoms with E-state index in [9.17, 15) is 9.90 Å². The lowest BCUT2D eigenvalue weighted by molar-refractivity contribution is 0.273. The summed E-state index contributed by atoms with van der Waals surface area (Å²) in [5, 5.41) is 18.0. The molecule has 78 valence electrons. The Hall–Kier alpha value is -1.76. The number of aromatic hydroxyl groups is 1. The Kier molecular flexibility index (Phi) is 2.46. The van der Waals surface area contributed by atoms with E-state index < -0.39 is 0 Å². The van der Waals surface area contributed by atoms with Crippen molar-refractivity contribution in [3.8, 4) is 11.8 Å². The number of nitriles is 1. The molecule has 1 saturated carbocycles. The molecule has 2 rings (SSSR count). The van der Waals surface area contributed by atoms with E-state index in [1.165, 1.54) is 17.1 Å². The van der Waals surface area contributed by atoms with Gasteiger partial charge in [-0.25, -0.2) is 0 Å². The number of hydrogen-bond acceptors (Lipinski definition) is 3. The third-order valence-corrected chi connectivity index (χ3v) is 2.93. The monoisotopic (exact) mass is 204 g/mol. The lowest BCUT2D eigenvalue weighted by Crippen LogP contribution is -2.28. The number of rotatable bonds is 2. The van der Waals surface area contributed by atoms with Crippen LogP contribution in [0.2, 0.25) is 0 Å². The van der Waals surface area contributed by atoms with Gasteiger partial charge < -0.3 is 9.67 Å². The molecule has 4 nitrogen and oxygen atoms in total. The van der Waals surface area contributed by atoms with Gasteiger partial charge in [0.25, 0.3) is 5.56 Å². The smallest absolute Gasteiger partial charge is 0.272 e. The van der Waals surface area contributed by atoms with Gasteiger partial charge in [-0.1, -0.05) is 6.42 Å². The minimum absolute atomic E-state index is 0.156. The van der Waals surface area contributed by atoms with Gasteiger partial charge in [-0.3, -0.25) is 4.79 Å². The summed E-state index contributed by atoms with van der Waals surface area (Å²) >= 11 is 0. The van der Waals surface area contributed by atoms with Gasteiger partial charge in [-0.15, -0.1) is 0 Å². The Morgan fingerprint density at radius 3 is 2.87 bits per heavy atom. The van der Waals surface area contributed by atoms with E-state index in [2.05, 4.69) is 0 Å². The second-order valence-electron chi connectivity index (χ2n) is 3.94. The van der Waals surface area contributed by atoms with E-state index in [1.807, 2.05) is 0 Å². The van der Waals surface area contributed by atoms with Crippen molar-refractivity contribution in [1.29, 1.82) is 5.26 Å². The van der Waals surface area contributed by atoms with Crippen LogP contribution in [0.5, 0.6) is 5.75 Å². The highest BCUT2D eigenvalue weighted by molar-refractivity contribution is 5.39. The summed E-state index contributed by atoms with van der Waals surface area (Å²) in [6.07, 6.45) is 5.07. The van der Waals surface area contributed by atoms with Gasteiger partial charge in [0.2, 0.25) is 0 Å². The summed E-state index contributed by atoms with van der Waals surface area (Å²) in [4.78, 5) is 11.7. The minimum Gasteiger partial charge on any atom is -0.506 e. The van der Waals surface area contributed by atoms with Crippen molar-refractivity contribution < 1.29 is 5.11 Å². The lowest BCUT2D eigenvalue weighted by Gasteiger charge is -2.25. The van der Waals surface area contributed by atoms with Crippen LogP contribution in [-0.2, 0) is 6.54 Å². The van der Waals surface area contributed by atoms with Crippen LogP contribution in [0, 0.1) is 17.2 Å². The van der Waals surface area contributed by atoms with Gasteiger partial charge in [0, 0.05) is 12.7 Å². The summed E-state index contributed by atoms with van der Waals surface area (Å²) < 4.78 is 1.52. The van der Waals surface area contributed by atoms with Crippen molar-refractivity contribution in [3.05, 3.63) is 28.2 Å². The largest absolute Gasteiger partial charge is 0.506 e. The van der Waals surface area contributed by atoms with Gasteiger partial charge in [0.15, 0.2) is 5.56 Å². The first-order chi connectivity index (χ1) is 7.22. The third-order valence-electron chi connectivity index (χ3n) is 2.93. The highest BCUT2D eigenvalue weighted by atomic mass is 16.3. The van der Waals surface area contributed by atoms with E-state index >= 15 is 0 Å². The molecule has 1 heterocycles. The van der Waals surface area contributed by atoms with Crippen LogP contribution >= 0.6 is 0 Å². The van der Waals surface area contributed by atoms with Crippen molar-refractivity contribution in [1.82, 2.24) is 4.57 Å². The zero-order chi connectivity index (χ0) is 10.8. The summed E-state index contributed by atoms with van der Waals surface area (Å²) in [7, 11) is 0. The van der Waals surface area contributed by atoms with Gasteiger partial charge in [-0.05, 0) is 24.8 Å². The molecule has 4 heteroatoms. The second kappa shape index (κ2) is 3.77.